The Balaban J connectivity index is 1.25. The molecule has 1 N–H and O–H groups in total. The monoisotopic (exact) mass is 623 g/mol. The summed E-state index contributed by atoms with van der Waals surface area (Å²) in [5.41, 5.74) is -0.0607. The number of Topliss-reactive ketones (excluding diaryl/α,β-unsaturated/α-hetero) is 1. The smallest absolute Gasteiger partial charge is 0.238 e. The van der Waals surface area contributed by atoms with E-state index in [1.807, 2.05) is 18.2 Å². The number of hydrogen-bond acceptors (Lipinski definition) is 8. The van der Waals surface area contributed by atoms with E-state index in [9.17, 15) is 18.0 Å². The Morgan fingerprint density at radius 2 is 1.98 bits per heavy atom. The van der Waals surface area contributed by atoms with E-state index >= 15 is 0 Å². The molecule has 1 amide bonds. The molecule has 10 heteroatoms. The SMILES string of the molecule is C=C[C@@H]1C[C@]1(NC(=O)[C@@H]1C[C@@H](Oc2nccc3c4c(ccc23)OCC4)CN1C(C)[C@@H](C)C(C)(C)C)C(=O)CS(=O)(=O)C1CC1. The number of ketones is 1. The number of likely N-dealkylation sites (tertiary alicyclic amines) is 1. The third-order valence-electron chi connectivity index (χ3n) is 10.6. The number of benzene rings is 1. The Bertz CT molecular complexity index is 1600. The van der Waals surface area contributed by atoms with Crippen LogP contribution in [-0.4, -0.2) is 77.9 Å². The van der Waals surface area contributed by atoms with E-state index in [0.717, 1.165) is 28.5 Å². The van der Waals surface area contributed by atoms with E-state index in [1.165, 1.54) is 0 Å². The number of ether oxygens (including phenoxy) is 2. The molecule has 2 aliphatic carbocycles. The van der Waals surface area contributed by atoms with Crippen molar-refractivity contribution in [2.45, 2.75) is 95.7 Å². The lowest BCUT2D eigenvalue weighted by Gasteiger charge is -2.40. The summed E-state index contributed by atoms with van der Waals surface area (Å²) in [5.74, 6) is 0.142. The van der Waals surface area contributed by atoms with Gasteiger partial charge < -0.3 is 14.8 Å². The van der Waals surface area contributed by atoms with Gasteiger partial charge in [-0.25, -0.2) is 13.4 Å². The first-order chi connectivity index (χ1) is 20.7. The predicted molar refractivity (Wildman–Crippen MR) is 170 cm³/mol. The van der Waals surface area contributed by atoms with Crippen LogP contribution >= 0.6 is 0 Å². The molecule has 2 aliphatic heterocycles. The van der Waals surface area contributed by atoms with Gasteiger partial charge in [0.25, 0.3) is 0 Å². The van der Waals surface area contributed by atoms with Gasteiger partial charge in [-0.2, -0.15) is 0 Å². The Kier molecular flexibility index (Phi) is 7.84. The first-order valence-electron chi connectivity index (χ1n) is 15.9. The van der Waals surface area contributed by atoms with Crippen LogP contribution in [0.15, 0.2) is 37.1 Å². The summed E-state index contributed by atoms with van der Waals surface area (Å²) in [4.78, 5) is 34.4. The highest BCUT2D eigenvalue weighted by Gasteiger charge is 2.61. The largest absolute Gasteiger partial charge is 0.493 e. The van der Waals surface area contributed by atoms with Gasteiger partial charge in [-0.05, 0) is 61.1 Å². The zero-order chi connectivity index (χ0) is 31.6. The average Bonchev–Trinajstić information content (AvgIpc) is 3.85. The minimum atomic E-state index is -3.51. The molecule has 2 saturated carbocycles. The van der Waals surface area contributed by atoms with E-state index in [1.54, 1.807) is 12.3 Å². The molecule has 0 spiro atoms. The Morgan fingerprint density at radius 1 is 1.23 bits per heavy atom. The minimum Gasteiger partial charge on any atom is -0.493 e. The number of rotatable bonds is 11. The second-order valence-electron chi connectivity index (χ2n) is 14.4. The molecule has 1 aromatic heterocycles. The molecule has 3 heterocycles. The molecule has 1 aromatic carbocycles. The fraction of sp³-hybridized carbons (Fsp3) is 0.618. The average molecular weight is 624 g/mol. The topological polar surface area (TPSA) is 115 Å². The lowest BCUT2D eigenvalue weighted by atomic mass is 9.77. The predicted octanol–water partition coefficient (Wildman–Crippen LogP) is 4.27. The van der Waals surface area contributed by atoms with E-state index in [2.05, 4.69) is 56.4 Å². The second kappa shape index (κ2) is 11.1. The highest BCUT2D eigenvalue weighted by Crippen LogP contribution is 2.47. The van der Waals surface area contributed by atoms with Crippen molar-refractivity contribution in [1.29, 1.82) is 0 Å². The van der Waals surface area contributed by atoms with Gasteiger partial charge in [-0.3, -0.25) is 14.5 Å². The molecule has 6 atom stereocenters. The van der Waals surface area contributed by atoms with Gasteiger partial charge in [-0.1, -0.05) is 33.8 Å². The first kappa shape index (κ1) is 31.0. The molecular formula is C34H45N3O6S. The normalized spacial score (nSPS) is 28.2. The van der Waals surface area contributed by atoms with Crippen molar-refractivity contribution >= 4 is 32.3 Å². The number of pyridine rings is 1. The summed E-state index contributed by atoms with van der Waals surface area (Å²) in [7, 11) is -3.51. The molecule has 0 radical (unpaired) electrons. The van der Waals surface area contributed by atoms with Crippen LogP contribution < -0.4 is 14.8 Å². The van der Waals surface area contributed by atoms with E-state index in [0.29, 0.717) is 44.7 Å². The van der Waals surface area contributed by atoms with Crippen molar-refractivity contribution in [1.82, 2.24) is 15.2 Å². The van der Waals surface area contributed by atoms with Crippen molar-refractivity contribution in [3.05, 3.63) is 42.6 Å². The second-order valence-corrected chi connectivity index (χ2v) is 16.7. The van der Waals surface area contributed by atoms with Crippen LogP contribution in [0.2, 0.25) is 0 Å². The van der Waals surface area contributed by atoms with Crippen LogP contribution in [0.3, 0.4) is 0 Å². The fourth-order valence-electron chi connectivity index (χ4n) is 7.07. The lowest BCUT2D eigenvalue weighted by molar-refractivity contribution is -0.131. The van der Waals surface area contributed by atoms with Gasteiger partial charge in [-0.15, -0.1) is 6.58 Å². The molecule has 1 unspecified atom stereocenters. The number of hydrogen-bond donors (Lipinski definition) is 1. The maximum atomic E-state index is 14.1. The Morgan fingerprint density at radius 3 is 2.64 bits per heavy atom. The first-order valence-corrected chi connectivity index (χ1v) is 17.6. The van der Waals surface area contributed by atoms with Crippen molar-refractivity contribution in [2.75, 3.05) is 18.9 Å². The van der Waals surface area contributed by atoms with Crippen LogP contribution in [0.1, 0.15) is 65.9 Å². The molecular weight excluding hydrogens is 578 g/mol. The molecule has 238 valence electrons. The molecule has 44 heavy (non-hydrogen) atoms. The standard InChI is InChI=1S/C34H45N3O6S/c1-7-22-17-34(22,30(38)19-44(40,41)24-8-9-24)36-31(39)28-16-23(18-37(28)21(3)20(2)33(4,5)6)43-32-27-10-11-29-26(13-15-42-29)25(27)12-14-35-32/h7,10-12,14,20-24,28H,1,8-9,13,15-19H2,2-6H3,(H,36,39)/t20-,21?,22-,23-,28+,34-/m1/s1. The summed E-state index contributed by atoms with van der Waals surface area (Å²) < 4.78 is 37.7. The molecule has 3 fully saturated rings. The van der Waals surface area contributed by atoms with Gasteiger partial charge in [0, 0.05) is 48.5 Å². The van der Waals surface area contributed by atoms with Crippen LogP contribution in [0.4, 0.5) is 0 Å². The number of nitrogens with one attached hydrogen (secondary N) is 1. The van der Waals surface area contributed by atoms with Gasteiger partial charge >= 0.3 is 0 Å². The zero-order valence-electron chi connectivity index (χ0n) is 26.5. The summed E-state index contributed by atoms with van der Waals surface area (Å²) in [6.45, 7) is 16.0. The summed E-state index contributed by atoms with van der Waals surface area (Å²) >= 11 is 0. The number of carbonyl (C=O) groups is 2. The number of aromatic nitrogens is 1. The van der Waals surface area contributed by atoms with Crippen molar-refractivity contribution in [3.8, 4) is 11.6 Å². The van der Waals surface area contributed by atoms with Gasteiger partial charge in [0.15, 0.2) is 15.6 Å². The van der Waals surface area contributed by atoms with Gasteiger partial charge in [0.1, 0.15) is 23.1 Å². The summed E-state index contributed by atoms with van der Waals surface area (Å²) in [5, 5.41) is 4.60. The van der Waals surface area contributed by atoms with Gasteiger partial charge in [0.05, 0.1) is 17.9 Å². The molecule has 4 aliphatic rings. The van der Waals surface area contributed by atoms with E-state index in [4.69, 9.17) is 9.47 Å². The van der Waals surface area contributed by atoms with E-state index in [-0.39, 0.29) is 35.3 Å². The highest BCUT2D eigenvalue weighted by molar-refractivity contribution is 7.93. The molecule has 6 rings (SSSR count). The third kappa shape index (κ3) is 5.64. The summed E-state index contributed by atoms with van der Waals surface area (Å²) in [6, 6.07) is 5.43. The number of fused-ring (bicyclic) bond motifs is 3. The zero-order valence-corrected chi connectivity index (χ0v) is 27.3. The van der Waals surface area contributed by atoms with Crippen LogP contribution in [0.5, 0.6) is 11.6 Å². The number of amides is 1. The Labute approximate surface area is 260 Å². The third-order valence-corrected chi connectivity index (χ3v) is 12.7. The molecule has 9 nitrogen and oxygen atoms in total. The maximum absolute atomic E-state index is 14.1. The van der Waals surface area contributed by atoms with Crippen molar-refractivity contribution in [2.24, 2.45) is 17.3 Å². The Hall–Kier alpha value is -2.98. The fourth-order valence-corrected chi connectivity index (χ4v) is 8.78. The quantitative estimate of drug-likeness (QED) is 0.369. The van der Waals surface area contributed by atoms with Crippen molar-refractivity contribution < 1.29 is 27.5 Å². The number of nitrogens with zero attached hydrogens (tertiary/aromatic N) is 2. The maximum Gasteiger partial charge on any atom is 0.238 e. The minimum absolute atomic E-state index is 0.00217. The molecule has 0 bridgehead atoms. The van der Waals surface area contributed by atoms with Crippen LogP contribution in [0.25, 0.3) is 10.8 Å². The molecule has 2 aromatic rings. The van der Waals surface area contributed by atoms with Gasteiger partial charge in [0.2, 0.25) is 11.8 Å². The number of carbonyl (C=O) groups excluding carboxylic acids is 2. The van der Waals surface area contributed by atoms with Crippen LogP contribution in [0, 0.1) is 17.3 Å². The number of sulfone groups is 1. The highest BCUT2D eigenvalue weighted by atomic mass is 32.2. The van der Waals surface area contributed by atoms with Crippen LogP contribution in [-0.2, 0) is 25.8 Å². The van der Waals surface area contributed by atoms with Crippen molar-refractivity contribution in [3.63, 3.8) is 0 Å². The summed E-state index contributed by atoms with van der Waals surface area (Å²) in [6.07, 6.45) is 5.93. The lowest BCUT2D eigenvalue weighted by Crippen LogP contribution is -2.55. The molecule has 1 saturated heterocycles. The van der Waals surface area contributed by atoms with E-state index < -0.39 is 38.2 Å².